The molecule has 0 fully saturated rings. The lowest BCUT2D eigenvalue weighted by atomic mass is 10.1. The lowest BCUT2D eigenvalue weighted by molar-refractivity contribution is 0.439. The zero-order valence-electron chi connectivity index (χ0n) is 7.37. The predicted octanol–water partition coefficient (Wildman–Crippen LogP) is 1.06. The van der Waals surface area contributed by atoms with Gasteiger partial charge in [0.15, 0.2) is 0 Å². The van der Waals surface area contributed by atoms with Gasteiger partial charge in [0, 0.05) is 5.69 Å². The maximum absolute atomic E-state index is 10.3. The first-order valence-electron chi connectivity index (χ1n) is 3.65. The largest absolute Gasteiger partial charge is 0.740 e. The Morgan fingerprint density at radius 3 is 2.54 bits per heavy atom. The maximum atomic E-state index is 10.3. The molecule has 0 aliphatic carbocycles. The average molecular weight is 200 g/mol. The number of hydrogen-bond donors (Lipinski definition) is 1. The van der Waals surface area contributed by atoms with E-state index in [0.29, 0.717) is 17.0 Å². The topological polar surface area (TPSA) is 75.4 Å². The van der Waals surface area contributed by atoms with Gasteiger partial charge in [-0.3, -0.25) is 0 Å². The highest BCUT2D eigenvalue weighted by atomic mass is 32.2. The molecule has 1 aromatic rings. The molecule has 0 bridgehead atoms. The number of aryl methyl sites for hydroxylation is 2. The lowest BCUT2D eigenvalue weighted by Crippen LogP contribution is -2.01. The molecular weight excluding hydrogens is 190 g/mol. The van der Waals surface area contributed by atoms with Crippen molar-refractivity contribution >= 4 is 17.0 Å². The average Bonchev–Trinajstić information content (AvgIpc) is 1.99. The van der Waals surface area contributed by atoms with Crippen molar-refractivity contribution in [1.29, 1.82) is 0 Å². The fraction of sp³-hybridized carbons (Fsp3) is 0.250. The van der Waals surface area contributed by atoms with Gasteiger partial charge >= 0.3 is 0 Å². The van der Waals surface area contributed by atoms with Crippen LogP contribution in [0.15, 0.2) is 12.1 Å². The highest BCUT2D eigenvalue weighted by Crippen LogP contribution is 2.24. The van der Waals surface area contributed by atoms with Gasteiger partial charge in [-0.2, -0.15) is 0 Å². The van der Waals surface area contributed by atoms with Crippen LogP contribution in [-0.4, -0.2) is 8.76 Å². The molecule has 0 heterocycles. The molecule has 4 nitrogen and oxygen atoms in total. The summed E-state index contributed by atoms with van der Waals surface area (Å²) in [6, 6.07) is 3.28. The van der Waals surface area contributed by atoms with Crippen LogP contribution in [0, 0.1) is 13.8 Å². The van der Waals surface area contributed by atoms with Gasteiger partial charge in [-0.25, -0.2) is 4.21 Å². The normalized spacial score (nSPS) is 12.5. The molecule has 0 aromatic heterocycles. The summed E-state index contributed by atoms with van der Waals surface area (Å²) in [7, 11) is 0. The number of nitrogens with two attached hydrogens (primary N) is 1. The monoisotopic (exact) mass is 200 g/mol. The molecule has 0 amide bonds. The van der Waals surface area contributed by atoms with Gasteiger partial charge in [0.1, 0.15) is 17.1 Å². The van der Waals surface area contributed by atoms with Crippen molar-refractivity contribution in [3.05, 3.63) is 23.3 Å². The minimum atomic E-state index is -2.53. The highest BCUT2D eigenvalue weighted by Gasteiger charge is 2.03. The number of anilines is 1. The molecule has 0 saturated heterocycles. The fourth-order valence-corrected chi connectivity index (χ4v) is 1.30. The number of nitrogen functional groups attached to an aromatic ring is 1. The molecular formula is C8H10NO3S-. The Labute approximate surface area is 79.2 Å². The zero-order chi connectivity index (χ0) is 10.0. The van der Waals surface area contributed by atoms with Gasteiger partial charge in [0.2, 0.25) is 0 Å². The Bertz CT molecular complexity index is 351. The van der Waals surface area contributed by atoms with Crippen molar-refractivity contribution in [3.8, 4) is 5.75 Å². The Kier molecular flexibility index (Phi) is 2.90. The van der Waals surface area contributed by atoms with E-state index in [1.54, 1.807) is 26.0 Å². The summed E-state index contributed by atoms with van der Waals surface area (Å²) in [5.41, 5.74) is 7.74. The highest BCUT2D eigenvalue weighted by molar-refractivity contribution is 7.74. The Morgan fingerprint density at radius 1 is 1.38 bits per heavy atom. The van der Waals surface area contributed by atoms with E-state index < -0.39 is 11.4 Å². The summed E-state index contributed by atoms with van der Waals surface area (Å²) in [5, 5.41) is 0. The van der Waals surface area contributed by atoms with Gasteiger partial charge in [0.05, 0.1) is 0 Å². The van der Waals surface area contributed by atoms with Gasteiger partial charge in [0.25, 0.3) is 0 Å². The third-order valence-corrected chi connectivity index (χ3v) is 2.04. The molecule has 0 aliphatic rings. The Hall–Kier alpha value is -1.07. The molecule has 13 heavy (non-hydrogen) atoms. The third-order valence-electron chi connectivity index (χ3n) is 1.72. The van der Waals surface area contributed by atoms with Gasteiger partial charge in [-0.1, -0.05) is 0 Å². The first kappa shape index (κ1) is 10.0. The smallest absolute Gasteiger partial charge is 0.142 e. The van der Waals surface area contributed by atoms with Gasteiger partial charge in [-0.05, 0) is 37.1 Å². The quantitative estimate of drug-likeness (QED) is 0.572. The SMILES string of the molecule is Cc1cc(OS(=O)[O-])c(C)cc1N. The maximum Gasteiger partial charge on any atom is 0.142 e. The van der Waals surface area contributed by atoms with Crippen LogP contribution in [-0.2, 0) is 11.4 Å². The van der Waals surface area contributed by atoms with Crippen LogP contribution in [0.25, 0.3) is 0 Å². The number of rotatable bonds is 2. The van der Waals surface area contributed by atoms with Crippen LogP contribution < -0.4 is 9.92 Å². The van der Waals surface area contributed by atoms with E-state index in [-0.39, 0.29) is 0 Å². The van der Waals surface area contributed by atoms with Crippen LogP contribution in [0.5, 0.6) is 5.75 Å². The van der Waals surface area contributed by atoms with E-state index in [2.05, 4.69) is 4.18 Å². The van der Waals surface area contributed by atoms with Crippen LogP contribution >= 0.6 is 0 Å². The van der Waals surface area contributed by atoms with Crippen LogP contribution in [0.4, 0.5) is 5.69 Å². The first-order valence-corrected chi connectivity index (χ1v) is 4.65. The number of hydrogen-bond acceptors (Lipinski definition) is 4. The Balaban J connectivity index is 3.08. The molecule has 1 aromatic carbocycles. The first-order chi connectivity index (χ1) is 6.00. The summed E-state index contributed by atoms with van der Waals surface area (Å²) >= 11 is -2.53. The molecule has 0 aliphatic heterocycles. The van der Waals surface area contributed by atoms with Crippen molar-refractivity contribution in [2.24, 2.45) is 0 Å². The zero-order valence-corrected chi connectivity index (χ0v) is 8.18. The molecule has 1 unspecified atom stereocenters. The van der Waals surface area contributed by atoms with Crippen LogP contribution in [0.3, 0.4) is 0 Å². The van der Waals surface area contributed by atoms with Crippen molar-refractivity contribution in [2.45, 2.75) is 13.8 Å². The summed E-state index contributed by atoms with van der Waals surface area (Å²) in [6.45, 7) is 3.52. The van der Waals surface area contributed by atoms with E-state index in [0.717, 1.165) is 5.56 Å². The van der Waals surface area contributed by atoms with E-state index >= 15 is 0 Å². The predicted molar refractivity (Wildman–Crippen MR) is 49.9 cm³/mol. The minimum Gasteiger partial charge on any atom is -0.740 e. The molecule has 0 spiro atoms. The third kappa shape index (κ3) is 2.43. The molecule has 72 valence electrons. The van der Waals surface area contributed by atoms with E-state index in [1.807, 2.05) is 0 Å². The van der Waals surface area contributed by atoms with E-state index in [9.17, 15) is 8.76 Å². The van der Waals surface area contributed by atoms with Crippen LogP contribution in [0.1, 0.15) is 11.1 Å². The fourth-order valence-electron chi connectivity index (χ4n) is 0.975. The molecule has 0 radical (unpaired) electrons. The standard InChI is InChI=1S/C8H11NO3S/c1-5-4-8(12-13(10)11)6(2)3-7(5)9/h3-4H,9H2,1-2H3,(H,10,11)/p-1. The molecule has 1 atom stereocenters. The van der Waals surface area contributed by atoms with Crippen molar-refractivity contribution in [2.75, 3.05) is 5.73 Å². The van der Waals surface area contributed by atoms with E-state index in [4.69, 9.17) is 5.73 Å². The van der Waals surface area contributed by atoms with Gasteiger partial charge < -0.3 is 14.5 Å². The summed E-state index contributed by atoms with van der Waals surface area (Å²) in [4.78, 5) is 0. The van der Waals surface area contributed by atoms with Gasteiger partial charge in [-0.15, -0.1) is 0 Å². The van der Waals surface area contributed by atoms with Crippen molar-refractivity contribution in [1.82, 2.24) is 0 Å². The molecule has 1 rings (SSSR count). The summed E-state index contributed by atoms with van der Waals surface area (Å²) < 4.78 is 25.1. The number of benzene rings is 1. The van der Waals surface area contributed by atoms with Crippen molar-refractivity contribution in [3.63, 3.8) is 0 Å². The van der Waals surface area contributed by atoms with E-state index in [1.165, 1.54) is 0 Å². The minimum absolute atomic E-state index is 0.319. The van der Waals surface area contributed by atoms with Crippen LogP contribution in [0.2, 0.25) is 0 Å². The second kappa shape index (κ2) is 3.76. The summed E-state index contributed by atoms with van der Waals surface area (Å²) in [5.74, 6) is 0.319. The lowest BCUT2D eigenvalue weighted by Gasteiger charge is -2.11. The second-order valence-corrected chi connectivity index (χ2v) is 3.34. The Morgan fingerprint density at radius 2 is 2.00 bits per heavy atom. The van der Waals surface area contributed by atoms with Crippen molar-refractivity contribution < 1.29 is 12.9 Å². The molecule has 0 saturated carbocycles. The molecule has 5 heteroatoms. The second-order valence-electron chi connectivity index (χ2n) is 2.76. The molecule has 2 N–H and O–H groups in total. The summed E-state index contributed by atoms with van der Waals surface area (Å²) in [6.07, 6.45) is 0.